The van der Waals surface area contributed by atoms with Gasteiger partial charge in [0.2, 0.25) is 0 Å². The summed E-state index contributed by atoms with van der Waals surface area (Å²) in [5.41, 5.74) is 5.07. The number of aliphatic hydroxyl groups excluding tert-OH is 2. The van der Waals surface area contributed by atoms with Crippen LogP contribution in [0.5, 0.6) is 0 Å². The van der Waals surface area contributed by atoms with E-state index in [0.29, 0.717) is 26.4 Å². The minimum atomic E-state index is -0.448. The molecule has 0 amide bonds. The molecule has 2 spiro atoms. The highest BCUT2D eigenvalue weighted by Gasteiger charge is 2.53. The molecule has 8 heteroatoms. The summed E-state index contributed by atoms with van der Waals surface area (Å²) in [4.78, 5) is 4.99. The van der Waals surface area contributed by atoms with E-state index in [1.807, 2.05) is 0 Å². The van der Waals surface area contributed by atoms with Crippen molar-refractivity contribution in [3.8, 4) is 11.1 Å². The van der Waals surface area contributed by atoms with Crippen molar-refractivity contribution in [3.63, 3.8) is 0 Å². The standard InChI is InChI=1S/C34H44N2O6/c37-31-27-13-33(39-9-10-40-33)14-28(31)20-35(19-27)17-23-1-5-25(6-2-23)26-7-3-24(4-8-26)18-36-21-29-15-34(41-11-12-42-34)16-30(22-36)32(29)38/h1-8,27-32,37-38H,9-22H2. The number of aliphatic hydroxyl groups is 2. The Labute approximate surface area is 248 Å². The Bertz CT molecular complexity index is 1110. The van der Waals surface area contributed by atoms with Gasteiger partial charge in [-0.1, -0.05) is 48.5 Å². The Balaban J connectivity index is 0.864. The van der Waals surface area contributed by atoms with E-state index < -0.39 is 11.6 Å². The van der Waals surface area contributed by atoms with Crippen LogP contribution in [0.2, 0.25) is 0 Å². The normalized spacial score (nSPS) is 35.7. The van der Waals surface area contributed by atoms with Crippen LogP contribution in [-0.4, -0.2) is 96.4 Å². The molecule has 0 aromatic heterocycles. The number of benzene rings is 2. The van der Waals surface area contributed by atoms with Gasteiger partial charge in [0.1, 0.15) is 0 Å². The number of rotatable bonds is 5. The summed E-state index contributed by atoms with van der Waals surface area (Å²) in [5, 5.41) is 21.6. The Morgan fingerprint density at radius 1 is 0.524 bits per heavy atom. The fraction of sp³-hybridized carbons (Fsp3) is 0.647. The average Bonchev–Trinajstić information content (AvgIpc) is 3.62. The SMILES string of the molecule is OC1C2CN(Cc3ccc(-c4ccc(CN5CC6CC7(CC(C5)C6O)OCCO7)cc4)cc3)CC1CC1(C2)OCCO1. The second-order valence-electron chi connectivity index (χ2n) is 13.8. The van der Waals surface area contributed by atoms with E-state index in [9.17, 15) is 10.2 Å². The molecule has 6 aliphatic rings. The lowest BCUT2D eigenvalue weighted by molar-refractivity contribution is -0.232. The van der Waals surface area contributed by atoms with E-state index in [4.69, 9.17) is 18.9 Å². The largest absolute Gasteiger partial charge is 0.392 e. The predicted molar refractivity (Wildman–Crippen MR) is 156 cm³/mol. The fourth-order valence-electron chi connectivity index (χ4n) is 9.03. The second-order valence-corrected chi connectivity index (χ2v) is 13.8. The molecule has 4 heterocycles. The van der Waals surface area contributed by atoms with Crippen molar-refractivity contribution in [2.24, 2.45) is 23.7 Å². The quantitative estimate of drug-likeness (QED) is 0.562. The zero-order valence-electron chi connectivity index (χ0n) is 24.4. The zero-order valence-corrected chi connectivity index (χ0v) is 24.4. The molecule has 8 nitrogen and oxygen atoms in total. The van der Waals surface area contributed by atoms with Crippen LogP contribution in [0.25, 0.3) is 11.1 Å². The van der Waals surface area contributed by atoms with E-state index in [1.165, 1.54) is 22.3 Å². The first-order chi connectivity index (χ1) is 20.4. The first kappa shape index (κ1) is 27.7. The van der Waals surface area contributed by atoms with Crippen LogP contribution in [0.1, 0.15) is 36.8 Å². The number of ether oxygens (including phenoxy) is 4. The van der Waals surface area contributed by atoms with Crippen LogP contribution >= 0.6 is 0 Å². The highest BCUT2D eigenvalue weighted by Crippen LogP contribution is 2.46. The van der Waals surface area contributed by atoms with Crippen LogP contribution in [0.3, 0.4) is 0 Å². The summed E-state index contributed by atoms with van der Waals surface area (Å²) in [6.45, 7) is 8.03. The maximum absolute atomic E-state index is 10.8. The van der Waals surface area contributed by atoms with Crippen LogP contribution < -0.4 is 0 Å². The summed E-state index contributed by atoms with van der Waals surface area (Å²) in [6, 6.07) is 17.9. The molecule has 42 heavy (non-hydrogen) atoms. The van der Waals surface area contributed by atoms with Gasteiger partial charge in [0, 0.05) is 88.6 Å². The number of likely N-dealkylation sites (tertiary alicyclic amines) is 2. The molecule has 226 valence electrons. The minimum Gasteiger partial charge on any atom is -0.392 e. The lowest BCUT2D eigenvalue weighted by Gasteiger charge is -2.50. The fourth-order valence-corrected chi connectivity index (χ4v) is 9.03. The van der Waals surface area contributed by atoms with E-state index >= 15 is 0 Å². The first-order valence-corrected chi connectivity index (χ1v) is 16.0. The van der Waals surface area contributed by atoms with E-state index in [2.05, 4.69) is 58.3 Å². The van der Waals surface area contributed by atoms with Gasteiger partial charge in [-0.25, -0.2) is 0 Å². The Morgan fingerprint density at radius 2 is 0.833 bits per heavy atom. The van der Waals surface area contributed by atoms with Gasteiger partial charge in [-0.05, 0) is 22.3 Å². The van der Waals surface area contributed by atoms with Crippen molar-refractivity contribution in [1.29, 1.82) is 0 Å². The van der Waals surface area contributed by atoms with E-state index in [1.54, 1.807) is 0 Å². The zero-order chi connectivity index (χ0) is 28.3. The van der Waals surface area contributed by atoms with Crippen LogP contribution in [0.15, 0.2) is 48.5 Å². The third-order valence-electron chi connectivity index (χ3n) is 10.9. The maximum atomic E-state index is 10.8. The molecule has 2 N–H and O–H groups in total. The molecule has 2 aliphatic carbocycles. The summed E-state index contributed by atoms with van der Waals surface area (Å²) in [5.74, 6) is -0.0813. The number of fused-ring (bicyclic) bond motifs is 4. The molecule has 2 aromatic rings. The van der Waals surface area contributed by atoms with Gasteiger partial charge in [0.05, 0.1) is 38.6 Å². The molecular formula is C34H44N2O6. The molecular weight excluding hydrogens is 532 g/mol. The van der Waals surface area contributed by atoms with E-state index in [0.717, 1.165) is 65.0 Å². The monoisotopic (exact) mass is 576 g/mol. The molecule has 4 atom stereocenters. The van der Waals surface area contributed by atoms with Gasteiger partial charge in [-0.2, -0.15) is 0 Å². The topological polar surface area (TPSA) is 83.9 Å². The van der Waals surface area contributed by atoms with Gasteiger partial charge < -0.3 is 29.2 Å². The van der Waals surface area contributed by atoms with Crippen LogP contribution in [0, 0.1) is 23.7 Å². The second kappa shape index (κ2) is 10.9. The third kappa shape index (κ3) is 5.24. The van der Waals surface area contributed by atoms with Gasteiger partial charge in [-0.3, -0.25) is 9.80 Å². The first-order valence-electron chi connectivity index (χ1n) is 16.0. The Hall–Kier alpha value is -1.88. The van der Waals surface area contributed by atoms with E-state index in [-0.39, 0.29) is 35.9 Å². The van der Waals surface area contributed by atoms with Crippen molar-refractivity contribution in [1.82, 2.24) is 9.80 Å². The Kier molecular flexibility index (Phi) is 7.20. The molecule has 4 aliphatic heterocycles. The summed E-state index contributed by atoms with van der Waals surface area (Å²) in [7, 11) is 0. The smallest absolute Gasteiger partial charge is 0.169 e. The summed E-state index contributed by atoms with van der Waals surface area (Å²) < 4.78 is 23.9. The van der Waals surface area contributed by atoms with Crippen molar-refractivity contribution in [3.05, 3.63) is 59.7 Å². The predicted octanol–water partition coefficient (Wildman–Crippen LogP) is 3.25. The van der Waals surface area contributed by atoms with Crippen molar-refractivity contribution < 1.29 is 29.2 Å². The number of piperidine rings is 2. The lowest BCUT2D eigenvalue weighted by Crippen LogP contribution is -2.57. The average molecular weight is 577 g/mol. The van der Waals surface area contributed by atoms with Gasteiger partial charge >= 0.3 is 0 Å². The Morgan fingerprint density at radius 3 is 1.14 bits per heavy atom. The number of nitrogens with zero attached hydrogens (tertiary/aromatic N) is 2. The minimum absolute atomic E-state index is 0.204. The summed E-state index contributed by atoms with van der Waals surface area (Å²) >= 11 is 0. The van der Waals surface area contributed by atoms with Crippen LogP contribution in [0.4, 0.5) is 0 Å². The number of hydrogen-bond donors (Lipinski definition) is 2. The summed E-state index contributed by atoms with van der Waals surface area (Å²) in [6.07, 6.45) is 2.67. The highest BCUT2D eigenvalue weighted by atomic mass is 16.7. The highest BCUT2D eigenvalue weighted by molar-refractivity contribution is 5.64. The molecule has 4 saturated heterocycles. The van der Waals surface area contributed by atoms with Gasteiger partial charge in [0.25, 0.3) is 0 Å². The van der Waals surface area contributed by atoms with Crippen molar-refractivity contribution in [2.45, 2.75) is 62.6 Å². The molecule has 8 rings (SSSR count). The van der Waals surface area contributed by atoms with Crippen molar-refractivity contribution in [2.75, 3.05) is 52.6 Å². The molecule has 4 bridgehead atoms. The van der Waals surface area contributed by atoms with Crippen LogP contribution in [-0.2, 0) is 32.0 Å². The van der Waals surface area contributed by atoms with Gasteiger partial charge in [0.15, 0.2) is 11.6 Å². The number of hydrogen-bond acceptors (Lipinski definition) is 8. The van der Waals surface area contributed by atoms with Crippen molar-refractivity contribution >= 4 is 0 Å². The molecule has 4 unspecified atom stereocenters. The maximum Gasteiger partial charge on any atom is 0.169 e. The lowest BCUT2D eigenvalue weighted by atomic mass is 9.72. The van der Waals surface area contributed by atoms with Gasteiger partial charge in [-0.15, -0.1) is 0 Å². The molecule has 0 radical (unpaired) electrons. The molecule has 2 aromatic carbocycles. The third-order valence-corrected chi connectivity index (χ3v) is 10.9. The molecule has 6 fully saturated rings. The molecule has 2 saturated carbocycles.